The van der Waals surface area contributed by atoms with E-state index in [0.717, 1.165) is 11.5 Å². The first-order valence-electron chi connectivity index (χ1n) is 5.92. The predicted octanol–water partition coefficient (Wildman–Crippen LogP) is 0.341. The molecule has 0 radical (unpaired) electrons. The summed E-state index contributed by atoms with van der Waals surface area (Å²) in [5, 5.41) is 6.67. The lowest BCUT2D eigenvalue weighted by Gasteiger charge is -2.08. The molecule has 0 saturated heterocycles. The Kier molecular flexibility index (Phi) is 3.66. The normalized spacial score (nSPS) is 12.4. The SMILES string of the molecule is Cc1nc(CNC(=O)C(N)c2cnn(C)c2)oc1C. The summed E-state index contributed by atoms with van der Waals surface area (Å²) in [5.74, 6) is 0.934. The Bertz CT molecular complexity index is 567. The summed E-state index contributed by atoms with van der Waals surface area (Å²) < 4.78 is 6.97. The maximum absolute atomic E-state index is 11.9. The van der Waals surface area contributed by atoms with E-state index in [0.29, 0.717) is 11.5 Å². The molecule has 102 valence electrons. The van der Waals surface area contributed by atoms with Crippen molar-refractivity contribution in [3.05, 3.63) is 35.3 Å². The van der Waals surface area contributed by atoms with E-state index in [2.05, 4.69) is 15.4 Å². The zero-order chi connectivity index (χ0) is 14.0. The molecule has 1 unspecified atom stereocenters. The summed E-state index contributed by atoms with van der Waals surface area (Å²) in [5.41, 5.74) is 7.32. The molecule has 2 heterocycles. The molecule has 0 bridgehead atoms. The summed E-state index contributed by atoms with van der Waals surface area (Å²) >= 11 is 0. The van der Waals surface area contributed by atoms with Gasteiger partial charge in [0.05, 0.1) is 18.4 Å². The fraction of sp³-hybridized carbons (Fsp3) is 0.417. The molecule has 2 aromatic heterocycles. The van der Waals surface area contributed by atoms with Crippen molar-refractivity contribution in [2.24, 2.45) is 12.8 Å². The summed E-state index contributed by atoms with van der Waals surface area (Å²) in [4.78, 5) is 16.1. The maximum Gasteiger partial charge on any atom is 0.242 e. The average molecular weight is 263 g/mol. The van der Waals surface area contributed by atoms with E-state index in [1.54, 1.807) is 24.1 Å². The third-order valence-corrected chi connectivity index (χ3v) is 2.85. The second-order valence-corrected chi connectivity index (χ2v) is 4.39. The van der Waals surface area contributed by atoms with E-state index < -0.39 is 6.04 Å². The van der Waals surface area contributed by atoms with Crippen molar-refractivity contribution < 1.29 is 9.21 Å². The number of nitrogens with zero attached hydrogens (tertiary/aromatic N) is 3. The lowest BCUT2D eigenvalue weighted by molar-refractivity contribution is -0.122. The zero-order valence-electron chi connectivity index (χ0n) is 11.2. The van der Waals surface area contributed by atoms with Crippen LogP contribution in [0.25, 0.3) is 0 Å². The van der Waals surface area contributed by atoms with Crippen molar-refractivity contribution >= 4 is 5.91 Å². The third kappa shape index (κ3) is 3.00. The number of hydrogen-bond acceptors (Lipinski definition) is 5. The topological polar surface area (TPSA) is 99.0 Å². The molecule has 0 aromatic carbocycles. The molecule has 0 aliphatic carbocycles. The quantitative estimate of drug-likeness (QED) is 0.828. The van der Waals surface area contributed by atoms with E-state index in [1.807, 2.05) is 13.8 Å². The highest BCUT2D eigenvalue weighted by Crippen LogP contribution is 2.10. The molecule has 1 atom stereocenters. The number of carbonyl (C=O) groups excluding carboxylic acids is 1. The molecule has 0 saturated carbocycles. The maximum atomic E-state index is 11.9. The summed E-state index contributed by atoms with van der Waals surface area (Å²) in [7, 11) is 1.77. The number of amides is 1. The van der Waals surface area contributed by atoms with Crippen LogP contribution in [0.5, 0.6) is 0 Å². The first-order valence-corrected chi connectivity index (χ1v) is 5.92. The van der Waals surface area contributed by atoms with Gasteiger partial charge in [-0.05, 0) is 13.8 Å². The predicted molar refractivity (Wildman–Crippen MR) is 68.0 cm³/mol. The van der Waals surface area contributed by atoms with Crippen LogP contribution in [0.4, 0.5) is 0 Å². The minimum absolute atomic E-state index is 0.224. The molecule has 0 spiro atoms. The van der Waals surface area contributed by atoms with Gasteiger partial charge in [-0.3, -0.25) is 9.48 Å². The van der Waals surface area contributed by atoms with Crippen LogP contribution in [0, 0.1) is 13.8 Å². The van der Waals surface area contributed by atoms with Gasteiger partial charge in [-0.25, -0.2) is 4.98 Å². The summed E-state index contributed by atoms with van der Waals surface area (Å²) in [6.07, 6.45) is 3.29. The molecule has 3 N–H and O–H groups in total. The van der Waals surface area contributed by atoms with Gasteiger partial charge in [0.2, 0.25) is 11.8 Å². The van der Waals surface area contributed by atoms with Crippen LogP contribution in [0.2, 0.25) is 0 Å². The molecule has 1 amide bonds. The van der Waals surface area contributed by atoms with Crippen molar-refractivity contribution in [2.45, 2.75) is 26.4 Å². The van der Waals surface area contributed by atoms with E-state index in [4.69, 9.17) is 10.2 Å². The van der Waals surface area contributed by atoms with E-state index in [9.17, 15) is 4.79 Å². The Morgan fingerprint density at radius 2 is 2.32 bits per heavy atom. The minimum atomic E-state index is -0.745. The molecule has 19 heavy (non-hydrogen) atoms. The second kappa shape index (κ2) is 5.23. The number of rotatable bonds is 4. The van der Waals surface area contributed by atoms with E-state index in [-0.39, 0.29) is 12.5 Å². The lowest BCUT2D eigenvalue weighted by atomic mass is 10.1. The highest BCUT2D eigenvalue weighted by atomic mass is 16.4. The van der Waals surface area contributed by atoms with Crippen LogP contribution in [0.1, 0.15) is 29.0 Å². The first-order chi connectivity index (χ1) is 8.97. The number of carbonyl (C=O) groups is 1. The molecular formula is C12H17N5O2. The van der Waals surface area contributed by atoms with Gasteiger partial charge in [-0.2, -0.15) is 5.10 Å². The molecule has 2 aromatic rings. The number of nitrogens with one attached hydrogen (secondary N) is 1. The molecule has 0 aliphatic rings. The summed E-state index contributed by atoms with van der Waals surface area (Å²) in [6.45, 7) is 3.90. The van der Waals surface area contributed by atoms with Gasteiger partial charge in [0.15, 0.2) is 0 Å². The molecule has 0 aliphatic heterocycles. The Labute approximate surface area is 110 Å². The van der Waals surface area contributed by atoms with Crippen molar-refractivity contribution in [1.29, 1.82) is 0 Å². The Morgan fingerprint density at radius 3 is 2.84 bits per heavy atom. The number of oxazole rings is 1. The lowest BCUT2D eigenvalue weighted by Crippen LogP contribution is -2.33. The molecular weight excluding hydrogens is 246 g/mol. The average Bonchev–Trinajstić information content (AvgIpc) is 2.93. The monoisotopic (exact) mass is 263 g/mol. The minimum Gasteiger partial charge on any atom is -0.444 e. The van der Waals surface area contributed by atoms with Gasteiger partial charge in [0.25, 0.3) is 0 Å². The highest BCUT2D eigenvalue weighted by Gasteiger charge is 2.17. The van der Waals surface area contributed by atoms with Gasteiger partial charge in [-0.15, -0.1) is 0 Å². The van der Waals surface area contributed by atoms with Crippen molar-refractivity contribution in [1.82, 2.24) is 20.1 Å². The van der Waals surface area contributed by atoms with Gasteiger partial charge >= 0.3 is 0 Å². The van der Waals surface area contributed by atoms with Crippen molar-refractivity contribution in [3.8, 4) is 0 Å². The number of hydrogen-bond donors (Lipinski definition) is 2. The van der Waals surface area contributed by atoms with Crippen LogP contribution < -0.4 is 11.1 Å². The third-order valence-electron chi connectivity index (χ3n) is 2.85. The van der Waals surface area contributed by atoms with Crippen LogP contribution >= 0.6 is 0 Å². The molecule has 0 fully saturated rings. The number of nitrogens with two attached hydrogens (primary N) is 1. The zero-order valence-corrected chi connectivity index (χ0v) is 11.2. The van der Waals surface area contributed by atoms with Crippen LogP contribution in [-0.4, -0.2) is 20.7 Å². The Hall–Kier alpha value is -2.15. The largest absolute Gasteiger partial charge is 0.444 e. The summed E-state index contributed by atoms with van der Waals surface area (Å²) in [6, 6.07) is -0.745. The van der Waals surface area contributed by atoms with Crippen LogP contribution in [-0.2, 0) is 18.4 Å². The molecule has 7 heteroatoms. The number of aryl methyl sites for hydroxylation is 3. The highest BCUT2D eigenvalue weighted by molar-refractivity contribution is 5.82. The van der Waals surface area contributed by atoms with Gasteiger partial charge in [0, 0.05) is 18.8 Å². The van der Waals surface area contributed by atoms with Gasteiger partial charge in [0.1, 0.15) is 11.8 Å². The standard InChI is InChI=1S/C12H17N5O2/c1-7-8(2)19-10(16-7)5-14-12(18)11(13)9-4-15-17(3)6-9/h4,6,11H,5,13H2,1-3H3,(H,14,18). The fourth-order valence-corrected chi connectivity index (χ4v) is 1.64. The van der Waals surface area contributed by atoms with Crippen molar-refractivity contribution in [3.63, 3.8) is 0 Å². The van der Waals surface area contributed by atoms with Crippen molar-refractivity contribution in [2.75, 3.05) is 0 Å². The van der Waals surface area contributed by atoms with Gasteiger partial charge < -0.3 is 15.5 Å². The Morgan fingerprint density at radius 1 is 1.58 bits per heavy atom. The van der Waals surface area contributed by atoms with Gasteiger partial charge in [-0.1, -0.05) is 0 Å². The Balaban J connectivity index is 1.94. The fourth-order valence-electron chi connectivity index (χ4n) is 1.64. The first kappa shape index (κ1) is 13.3. The van der Waals surface area contributed by atoms with Crippen LogP contribution in [0.3, 0.4) is 0 Å². The molecule has 7 nitrogen and oxygen atoms in total. The van der Waals surface area contributed by atoms with Crippen LogP contribution in [0.15, 0.2) is 16.8 Å². The second-order valence-electron chi connectivity index (χ2n) is 4.39. The molecule has 2 rings (SSSR count). The van der Waals surface area contributed by atoms with E-state index in [1.165, 1.54) is 0 Å². The number of aromatic nitrogens is 3. The van der Waals surface area contributed by atoms with E-state index >= 15 is 0 Å². The smallest absolute Gasteiger partial charge is 0.242 e.